The number of carbonyl (C=O) groups is 1. The quantitative estimate of drug-likeness (QED) is 0.813. The van der Waals surface area contributed by atoms with Gasteiger partial charge in [0.25, 0.3) is 0 Å². The second-order valence-electron chi connectivity index (χ2n) is 8.20. The minimum absolute atomic E-state index is 0.00272. The fourth-order valence-electron chi connectivity index (χ4n) is 3.07. The van der Waals surface area contributed by atoms with Crippen LogP contribution in [0.2, 0.25) is 0 Å². The zero-order valence-electron chi connectivity index (χ0n) is 15.5. The zero-order chi connectivity index (χ0) is 17.1. The molecule has 2 atom stereocenters. The second-order valence-corrected chi connectivity index (χ2v) is 8.20. The molecule has 2 rings (SSSR count). The van der Waals surface area contributed by atoms with Crippen LogP contribution in [0.1, 0.15) is 66.7 Å². The minimum Gasteiger partial charge on any atom is -0.444 e. The Bertz CT molecular complexity index is 404. The number of nitrogens with zero attached hydrogens (tertiary/aromatic N) is 1. The Hall–Kier alpha value is -0.810. The van der Waals surface area contributed by atoms with Gasteiger partial charge in [-0.25, -0.2) is 4.79 Å². The molecule has 1 saturated carbocycles. The maximum Gasteiger partial charge on any atom is 0.410 e. The van der Waals surface area contributed by atoms with Crippen molar-refractivity contribution in [3.8, 4) is 0 Å². The van der Waals surface area contributed by atoms with Crippen LogP contribution in [0.15, 0.2) is 0 Å². The molecule has 0 aromatic heterocycles. The standard InChI is InChI=1S/C18H34N2O3/c1-6-18(5)13-14(9-12-22-18)19-10-11-20(15-7-8-15)16(21)23-17(2,3)4/h14-15,19H,6-13H2,1-5H3. The molecule has 5 heteroatoms. The first-order valence-electron chi connectivity index (χ1n) is 9.09. The number of carbonyl (C=O) groups excluding carboxylic acids is 1. The third-order valence-corrected chi connectivity index (χ3v) is 4.74. The molecule has 2 aliphatic rings. The van der Waals surface area contributed by atoms with Gasteiger partial charge in [0.1, 0.15) is 5.60 Å². The number of nitrogens with one attached hydrogen (secondary N) is 1. The van der Waals surface area contributed by atoms with E-state index in [1.54, 1.807) is 0 Å². The van der Waals surface area contributed by atoms with Crippen molar-refractivity contribution in [2.24, 2.45) is 0 Å². The Labute approximate surface area is 141 Å². The average Bonchev–Trinajstić information content (AvgIpc) is 3.26. The molecule has 0 radical (unpaired) electrons. The van der Waals surface area contributed by atoms with Crippen LogP contribution in [0, 0.1) is 0 Å². The fraction of sp³-hybridized carbons (Fsp3) is 0.944. The molecule has 0 bridgehead atoms. The van der Waals surface area contributed by atoms with Gasteiger partial charge < -0.3 is 19.7 Å². The summed E-state index contributed by atoms with van der Waals surface area (Å²) in [5.41, 5.74) is -0.432. The van der Waals surface area contributed by atoms with E-state index < -0.39 is 5.60 Å². The summed E-state index contributed by atoms with van der Waals surface area (Å²) < 4.78 is 11.4. The van der Waals surface area contributed by atoms with Crippen LogP contribution in [0.4, 0.5) is 4.79 Å². The average molecular weight is 326 g/mol. The van der Waals surface area contributed by atoms with Crippen molar-refractivity contribution in [2.45, 2.75) is 90.0 Å². The third-order valence-electron chi connectivity index (χ3n) is 4.74. The fourth-order valence-corrected chi connectivity index (χ4v) is 3.07. The molecule has 2 fully saturated rings. The van der Waals surface area contributed by atoms with Crippen molar-refractivity contribution in [3.63, 3.8) is 0 Å². The van der Waals surface area contributed by atoms with Gasteiger partial charge in [-0.1, -0.05) is 6.92 Å². The molecule has 5 nitrogen and oxygen atoms in total. The highest BCUT2D eigenvalue weighted by molar-refractivity contribution is 5.69. The molecular formula is C18H34N2O3. The maximum atomic E-state index is 12.3. The van der Waals surface area contributed by atoms with Crippen molar-refractivity contribution in [3.05, 3.63) is 0 Å². The molecule has 1 aliphatic heterocycles. The number of amides is 1. The summed E-state index contributed by atoms with van der Waals surface area (Å²) in [6.07, 6.45) is 5.16. The second kappa shape index (κ2) is 7.39. The first-order chi connectivity index (χ1) is 10.7. The van der Waals surface area contributed by atoms with E-state index in [1.807, 2.05) is 25.7 Å². The van der Waals surface area contributed by atoms with Crippen LogP contribution in [-0.4, -0.2) is 54.0 Å². The molecule has 0 aromatic rings. The van der Waals surface area contributed by atoms with E-state index in [2.05, 4.69) is 19.2 Å². The van der Waals surface area contributed by atoms with Crippen LogP contribution >= 0.6 is 0 Å². The lowest BCUT2D eigenvalue weighted by Crippen LogP contribution is -2.48. The Morgan fingerprint density at radius 1 is 1.35 bits per heavy atom. The topological polar surface area (TPSA) is 50.8 Å². The molecule has 1 N–H and O–H groups in total. The van der Waals surface area contributed by atoms with Gasteiger partial charge >= 0.3 is 6.09 Å². The van der Waals surface area contributed by atoms with Gasteiger partial charge in [0, 0.05) is 31.8 Å². The Morgan fingerprint density at radius 3 is 2.61 bits per heavy atom. The normalized spacial score (nSPS) is 28.5. The molecular weight excluding hydrogens is 292 g/mol. The Kier molecular flexibility index (Phi) is 5.95. The SMILES string of the molecule is CCC1(C)CC(NCCN(C(=O)OC(C)(C)C)C2CC2)CCO1. The molecule has 0 aromatic carbocycles. The van der Waals surface area contributed by atoms with Gasteiger partial charge in [-0.15, -0.1) is 0 Å². The number of hydrogen-bond donors (Lipinski definition) is 1. The summed E-state index contributed by atoms with van der Waals surface area (Å²) in [5.74, 6) is 0. The predicted molar refractivity (Wildman–Crippen MR) is 91.6 cm³/mol. The first-order valence-corrected chi connectivity index (χ1v) is 9.09. The van der Waals surface area contributed by atoms with E-state index >= 15 is 0 Å². The summed E-state index contributed by atoms with van der Waals surface area (Å²) >= 11 is 0. The zero-order valence-corrected chi connectivity index (χ0v) is 15.5. The van der Waals surface area contributed by atoms with Crippen molar-refractivity contribution < 1.29 is 14.3 Å². The first kappa shape index (κ1) is 18.5. The van der Waals surface area contributed by atoms with Crippen LogP contribution < -0.4 is 5.32 Å². The molecule has 2 unspecified atom stereocenters. The van der Waals surface area contributed by atoms with Gasteiger partial charge in [0.2, 0.25) is 0 Å². The van der Waals surface area contributed by atoms with Gasteiger partial charge in [0.05, 0.1) is 5.60 Å². The van der Waals surface area contributed by atoms with Gasteiger partial charge in [-0.2, -0.15) is 0 Å². The maximum absolute atomic E-state index is 12.3. The predicted octanol–water partition coefficient (Wildman–Crippen LogP) is 3.32. The van der Waals surface area contributed by atoms with E-state index in [-0.39, 0.29) is 11.7 Å². The Balaban J connectivity index is 1.77. The lowest BCUT2D eigenvalue weighted by atomic mass is 9.90. The van der Waals surface area contributed by atoms with E-state index in [1.165, 1.54) is 0 Å². The summed E-state index contributed by atoms with van der Waals surface area (Å²) in [5, 5.41) is 3.61. The lowest BCUT2D eigenvalue weighted by molar-refractivity contribution is -0.0780. The number of rotatable bonds is 6. The number of ether oxygens (including phenoxy) is 2. The van der Waals surface area contributed by atoms with E-state index in [4.69, 9.17) is 9.47 Å². The smallest absolute Gasteiger partial charge is 0.410 e. The highest BCUT2D eigenvalue weighted by atomic mass is 16.6. The van der Waals surface area contributed by atoms with Crippen LogP contribution in [0.5, 0.6) is 0 Å². The van der Waals surface area contributed by atoms with E-state index in [0.29, 0.717) is 12.1 Å². The molecule has 1 heterocycles. The molecule has 23 heavy (non-hydrogen) atoms. The van der Waals surface area contributed by atoms with Gasteiger partial charge in [-0.05, 0) is 59.8 Å². The van der Waals surface area contributed by atoms with Crippen LogP contribution in [0.25, 0.3) is 0 Å². The summed E-state index contributed by atoms with van der Waals surface area (Å²) in [6, 6.07) is 0.857. The van der Waals surface area contributed by atoms with Crippen LogP contribution in [-0.2, 0) is 9.47 Å². The molecule has 1 amide bonds. The summed E-state index contributed by atoms with van der Waals surface area (Å²) in [4.78, 5) is 14.2. The minimum atomic E-state index is -0.429. The van der Waals surface area contributed by atoms with Crippen molar-refractivity contribution >= 4 is 6.09 Å². The summed E-state index contributed by atoms with van der Waals surface area (Å²) in [6.45, 7) is 12.5. The Morgan fingerprint density at radius 2 is 2.04 bits per heavy atom. The monoisotopic (exact) mass is 326 g/mol. The lowest BCUT2D eigenvalue weighted by Gasteiger charge is -2.38. The largest absolute Gasteiger partial charge is 0.444 e. The molecule has 1 aliphatic carbocycles. The van der Waals surface area contributed by atoms with Crippen LogP contribution in [0.3, 0.4) is 0 Å². The third kappa shape index (κ3) is 5.96. The molecule has 134 valence electrons. The van der Waals surface area contributed by atoms with E-state index in [0.717, 1.165) is 51.8 Å². The molecule has 1 saturated heterocycles. The van der Waals surface area contributed by atoms with Crippen molar-refractivity contribution in [2.75, 3.05) is 19.7 Å². The highest BCUT2D eigenvalue weighted by Crippen LogP contribution is 2.29. The van der Waals surface area contributed by atoms with Gasteiger partial charge in [-0.3, -0.25) is 0 Å². The summed E-state index contributed by atoms with van der Waals surface area (Å²) in [7, 11) is 0. The number of hydrogen-bond acceptors (Lipinski definition) is 4. The van der Waals surface area contributed by atoms with Crippen molar-refractivity contribution in [1.29, 1.82) is 0 Å². The van der Waals surface area contributed by atoms with Gasteiger partial charge in [0.15, 0.2) is 0 Å². The van der Waals surface area contributed by atoms with Crippen molar-refractivity contribution in [1.82, 2.24) is 10.2 Å². The highest BCUT2D eigenvalue weighted by Gasteiger charge is 2.35. The van der Waals surface area contributed by atoms with E-state index in [9.17, 15) is 4.79 Å². The molecule has 0 spiro atoms.